The Hall–Kier alpha value is -2.92. The molecule has 1 fully saturated rings. The summed E-state index contributed by atoms with van der Waals surface area (Å²) in [5.74, 6) is 1.78. The van der Waals surface area contributed by atoms with Crippen molar-refractivity contribution in [2.75, 3.05) is 13.1 Å². The van der Waals surface area contributed by atoms with E-state index in [1.807, 2.05) is 18.3 Å². The van der Waals surface area contributed by atoms with Gasteiger partial charge in [-0.25, -0.2) is 9.97 Å². The van der Waals surface area contributed by atoms with Crippen LogP contribution >= 0.6 is 0 Å². The van der Waals surface area contributed by atoms with E-state index in [4.69, 9.17) is 4.98 Å². The summed E-state index contributed by atoms with van der Waals surface area (Å²) in [6.07, 6.45) is 10.7. The van der Waals surface area contributed by atoms with Crippen LogP contribution in [0.15, 0.2) is 73.3 Å². The molecule has 3 aromatic heterocycles. The molecule has 0 aliphatic carbocycles. The number of benzene rings is 1. The second-order valence-electron chi connectivity index (χ2n) is 7.69. The molecule has 1 aromatic carbocycles. The van der Waals surface area contributed by atoms with Gasteiger partial charge in [0, 0.05) is 43.4 Å². The van der Waals surface area contributed by atoms with Gasteiger partial charge in [-0.05, 0) is 44.0 Å². The first-order valence-electron chi connectivity index (χ1n) is 10.1. The SMILES string of the molecule is c1ccc(-c2nccn2CC2CCN(Cc3cn4ccccc4n3)CC2)cc1. The zero-order valence-corrected chi connectivity index (χ0v) is 16.0. The molecule has 1 aliphatic heterocycles. The van der Waals surface area contributed by atoms with Gasteiger partial charge in [0.15, 0.2) is 0 Å². The molecule has 1 saturated heterocycles. The maximum atomic E-state index is 4.74. The van der Waals surface area contributed by atoms with Gasteiger partial charge in [-0.3, -0.25) is 4.90 Å². The van der Waals surface area contributed by atoms with E-state index in [9.17, 15) is 0 Å². The molecule has 28 heavy (non-hydrogen) atoms. The van der Waals surface area contributed by atoms with Crippen molar-refractivity contribution in [2.24, 2.45) is 5.92 Å². The van der Waals surface area contributed by atoms with Crippen LogP contribution in [0.25, 0.3) is 17.0 Å². The number of aromatic nitrogens is 4. The van der Waals surface area contributed by atoms with Crippen LogP contribution in [0.2, 0.25) is 0 Å². The second-order valence-corrected chi connectivity index (χ2v) is 7.69. The highest BCUT2D eigenvalue weighted by Crippen LogP contribution is 2.24. The summed E-state index contributed by atoms with van der Waals surface area (Å²) >= 11 is 0. The molecule has 0 amide bonds. The lowest BCUT2D eigenvalue weighted by Gasteiger charge is -2.31. The Kier molecular flexibility index (Phi) is 4.67. The Labute approximate surface area is 165 Å². The van der Waals surface area contributed by atoms with Gasteiger partial charge in [0.2, 0.25) is 0 Å². The monoisotopic (exact) mass is 371 g/mol. The van der Waals surface area contributed by atoms with E-state index in [1.165, 1.54) is 18.4 Å². The third kappa shape index (κ3) is 3.58. The lowest BCUT2D eigenvalue weighted by atomic mass is 9.96. The van der Waals surface area contributed by atoms with Gasteiger partial charge in [-0.1, -0.05) is 36.4 Å². The first-order valence-corrected chi connectivity index (χ1v) is 10.1. The number of likely N-dealkylation sites (tertiary alicyclic amines) is 1. The number of rotatable bonds is 5. The maximum absolute atomic E-state index is 4.74. The van der Waals surface area contributed by atoms with Gasteiger partial charge in [-0.2, -0.15) is 0 Å². The molecule has 0 bridgehead atoms. The molecular weight excluding hydrogens is 346 g/mol. The predicted molar refractivity (Wildman–Crippen MR) is 111 cm³/mol. The van der Waals surface area contributed by atoms with Crippen molar-refractivity contribution in [2.45, 2.75) is 25.9 Å². The number of imidazole rings is 2. The first kappa shape index (κ1) is 17.2. The summed E-state index contributed by atoms with van der Waals surface area (Å²) in [5, 5.41) is 0. The molecule has 5 nitrogen and oxygen atoms in total. The summed E-state index contributed by atoms with van der Waals surface area (Å²) in [4.78, 5) is 11.9. The number of nitrogens with zero attached hydrogens (tertiary/aromatic N) is 5. The van der Waals surface area contributed by atoms with Crippen LogP contribution in [0.5, 0.6) is 0 Å². The highest BCUT2D eigenvalue weighted by atomic mass is 15.2. The third-order valence-corrected chi connectivity index (χ3v) is 5.71. The average molecular weight is 371 g/mol. The Morgan fingerprint density at radius 2 is 1.75 bits per heavy atom. The van der Waals surface area contributed by atoms with Crippen LogP contribution in [0, 0.1) is 5.92 Å². The Morgan fingerprint density at radius 3 is 2.57 bits per heavy atom. The summed E-state index contributed by atoms with van der Waals surface area (Å²) in [5.41, 5.74) is 3.38. The smallest absolute Gasteiger partial charge is 0.139 e. The maximum Gasteiger partial charge on any atom is 0.139 e. The summed E-state index contributed by atoms with van der Waals surface area (Å²) in [7, 11) is 0. The third-order valence-electron chi connectivity index (χ3n) is 5.71. The van der Waals surface area contributed by atoms with Gasteiger partial charge in [0.1, 0.15) is 11.5 Å². The molecule has 0 atom stereocenters. The Balaban J connectivity index is 1.19. The molecule has 0 saturated carbocycles. The van der Waals surface area contributed by atoms with Crippen LogP contribution in [0.3, 0.4) is 0 Å². The van der Waals surface area contributed by atoms with E-state index < -0.39 is 0 Å². The van der Waals surface area contributed by atoms with Crippen molar-refractivity contribution in [3.63, 3.8) is 0 Å². The van der Waals surface area contributed by atoms with Crippen LogP contribution in [0.1, 0.15) is 18.5 Å². The molecule has 4 aromatic rings. The second kappa shape index (κ2) is 7.60. The Bertz CT molecular complexity index is 1010. The molecule has 142 valence electrons. The van der Waals surface area contributed by atoms with E-state index in [0.717, 1.165) is 43.3 Å². The van der Waals surface area contributed by atoms with Crippen molar-refractivity contribution in [1.82, 2.24) is 23.8 Å². The van der Waals surface area contributed by atoms with Gasteiger partial charge >= 0.3 is 0 Å². The van der Waals surface area contributed by atoms with E-state index in [0.29, 0.717) is 5.92 Å². The molecule has 4 heterocycles. The predicted octanol–water partition coefficient (Wildman–Crippen LogP) is 4.11. The highest BCUT2D eigenvalue weighted by molar-refractivity contribution is 5.55. The van der Waals surface area contributed by atoms with Crippen molar-refractivity contribution in [3.8, 4) is 11.4 Å². The minimum Gasteiger partial charge on any atom is -0.331 e. The van der Waals surface area contributed by atoms with Gasteiger partial charge in [0.25, 0.3) is 0 Å². The lowest BCUT2D eigenvalue weighted by Crippen LogP contribution is -2.34. The molecule has 0 radical (unpaired) electrons. The average Bonchev–Trinajstić information content (AvgIpc) is 3.36. The van der Waals surface area contributed by atoms with Crippen molar-refractivity contribution in [1.29, 1.82) is 0 Å². The number of piperidine rings is 1. The fraction of sp³-hybridized carbons (Fsp3) is 0.304. The van der Waals surface area contributed by atoms with Crippen LogP contribution in [-0.4, -0.2) is 36.9 Å². The molecule has 5 rings (SSSR count). The van der Waals surface area contributed by atoms with Gasteiger partial charge in [-0.15, -0.1) is 0 Å². The van der Waals surface area contributed by atoms with Crippen LogP contribution < -0.4 is 0 Å². The molecule has 5 heteroatoms. The van der Waals surface area contributed by atoms with Crippen molar-refractivity contribution < 1.29 is 0 Å². The Morgan fingerprint density at radius 1 is 0.929 bits per heavy atom. The fourth-order valence-electron chi connectivity index (χ4n) is 4.20. The number of fused-ring (bicyclic) bond motifs is 1. The molecule has 1 aliphatic rings. The zero-order chi connectivity index (χ0) is 18.8. The molecule has 0 unspecified atom stereocenters. The van der Waals surface area contributed by atoms with Gasteiger partial charge in [0.05, 0.1) is 5.69 Å². The topological polar surface area (TPSA) is 38.4 Å². The van der Waals surface area contributed by atoms with E-state index in [1.54, 1.807) is 0 Å². The number of hydrogen-bond acceptors (Lipinski definition) is 3. The molecular formula is C23H25N5. The first-order chi connectivity index (χ1) is 13.8. The minimum atomic E-state index is 0.703. The normalized spacial score (nSPS) is 16.0. The minimum absolute atomic E-state index is 0.703. The quantitative estimate of drug-likeness (QED) is 0.530. The van der Waals surface area contributed by atoms with Crippen LogP contribution in [0.4, 0.5) is 0 Å². The van der Waals surface area contributed by atoms with E-state index in [2.05, 4.69) is 73.8 Å². The van der Waals surface area contributed by atoms with Crippen molar-refractivity contribution in [3.05, 3.63) is 79.0 Å². The van der Waals surface area contributed by atoms with Crippen molar-refractivity contribution >= 4 is 5.65 Å². The number of pyridine rings is 1. The molecule has 0 spiro atoms. The number of hydrogen-bond donors (Lipinski definition) is 0. The zero-order valence-electron chi connectivity index (χ0n) is 16.0. The highest BCUT2D eigenvalue weighted by Gasteiger charge is 2.21. The van der Waals surface area contributed by atoms with Crippen LogP contribution in [-0.2, 0) is 13.1 Å². The lowest BCUT2D eigenvalue weighted by molar-refractivity contribution is 0.166. The fourth-order valence-corrected chi connectivity index (χ4v) is 4.20. The van der Waals surface area contributed by atoms with Gasteiger partial charge < -0.3 is 8.97 Å². The molecule has 0 N–H and O–H groups in total. The summed E-state index contributed by atoms with van der Waals surface area (Å²) in [6.45, 7) is 4.25. The largest absolute Gasteiger partial charge is 0.331 e. The standard InChI is InChI=1S/C23H25N5/c1-2-6-20(7-3-1)23-24-11-15-28(23)16-19-9-13-26(14-10-19)17-21-18-27-12-5-4-8-22(27)25-21/h1-8,11-12,15,18-19H,9-10,13-14,16-17H2. The van der Waals surface area contributed by atoms with E-state index >= 15 is 0 Å². The summed E-state index contributed by atoms with van der Waals surface area (Å²) < 4.78 is 4.42. The van der Waals surface area contributed by atoms with E-state index in [-0.39, 0.29) is 0 Å². The summed E-state index contributed by atoms with van der Waals surface area (Å²) in [6, 6.07) is 16.6.